The van der Waals surface area contributed by atoms with E-state index in [0.717, 1.165) is 11.0 Å². The Morgan fingerprint density at radius 1 is 1.44 bits per heavy atom. The van der Waals surface area contributed by atoms with Gasteiger partial charge in [0, 0.05) is 7.05 Å². The van der Waals surface area contributed by atoms with E-state index in [1.165, 1.54) is 0 Å². The van der Waals surface area contributed by atoms with Gasteiger partial charge in [-0.05, 0) is 32.0 Å². The summed E-state index contributed by atoms with van der Waals surface area (Å²) in [6, 6.07) is 7.39. The Bertz CT molecular complexity index is 585. The van der Waals surface area contributed by atoms with E-state index in [9.17, 15) is 5.11 Å². The highest BCUT2D eigenvalue weighted by atomic mass is 16.3. The molecule has 0 atom stereocenters. The molecule has 0 spiro atoms. The lowest BCUT2D eigenvalue weighted by molar-refractivity contribution is 0.0663. The van der Waals surface area contributed by atoms with Gasteiger partial charge in [0.15, 0.2) is 0 Å². The number of hydrogen-bond acceptors (Lipinski definition) is 3. The summed E-state index contributed by atoms with van der Waals surface area (Å²) in [6.07, 6.45) is 0. The van der Waals surface area contributed by atoms with Crippen molar-refractivity contribution in [2.24, 2.45) is 7.05 Å². The standard InChI is InChI=1S/C12H13N3O/c1-12(2,16)11-14-9-5-4-8(7-13)6-10(9)15(11)3/h4-6,16H,1-3H3. The van der Waals surface area contributed by atoms with Crippen molar-refractivity contribution in [2.75, 3.05) is 0 Å². The summed E-state index contributed by atoms with van der Waals surface area (Å²) in [4.78, 5) is 4.36. The van der Waals surface area contributed by atoms with Gasteiger partial charge >= 0.3 is 0 Å². The number of fused-ring (bicyclic) bond motifs is 1. The predicted octanol–water partition coefficient (Wildman–Crippen LogP) is 1.67. The van der Waals surface area contributed by atoms with Gasteiger partial charge in [-0.15, -0.1) is 0 Å². The normalized spacial score (nSPS) is 11.7. The third kappa shape index (κ3) is 1.55. The zero-order valence-electron chi connectivity index (χ0n) is 9.52. The molecule has 0 unspecified atom stereocenters. The summed E-state index contributed by atoms with van der Waals surface area (Å²) in [5.74, 6) is 0.595. The maximum Gasteiger partial charge on any atom is 0.141 e. The zero-order chi connectivity index (χ0) is 11.9. The van der Waals surface area contributed by atoms with E-state index in [4.69, 9.17) is 5.26 Å². The number of aryl methyl sites for hydroxylation is 1. The molecule has 4 nitrogen and oxygen atoms in total. The maximum atomic E-state index is 9.95. The van der Waals surface area contributed by atoms with Crippen LogP contribution in [0.4, 0.5) is 0 Å². The quantitative estimate of drug-likeness (QED) is 0.787. The molecule has 0 amide bonds. The summed E-state index contributed by atoms with van der Waals surface area (Å²) in [5.41, 5.74) is 1.26. The van der Waals surface area contributed by atoms with E-state index in [0.29, 0.717) is 11.4 Å². The topological polar surface area (TPSA) is 61.8 Å². The monoisotopic (exact) mass is 215 g/mol. The molecule has 0 aliphatic carbocycles. The number of nitrogens with zero attached hydrogens (tertiary/aromatic N) is 3. The summed E-state index contributed by atoms with van der Waals surface area (Å²) < 4.78 is 1.82. The van der Waals surface area contributed by atoms with Gasteiger partial charge in [-0.3, -0.25) is 0 Å². The second kappa shape index (κ2) is 3.32. The van der Waals surface area contributed by atoms with E-state index < -0.39 is 5.60 Å². The Labute approximate surface area is 93.8 Å². The van der Waals surface area contributed by atoms with Crippen LogP contribution in [-0.2, 0) is 12.6 Å². The van der Waals surface area contributed by atoms with E-state index in [-0.39, 0.29) is 0 Å². The first-order valence-corrected chi connectivity index (χ1v) is 5.03. The van der Waals surface area contributed by atoms with E-state index in [1.807, 2.05) is 11.6 Å². The van der Waals surface area contributed by atoms with E-state index in [1.54, 1.807) is 32.0 Å². The minimum absolute atomic E-state index is 0.595. The van der Waals surface area contributed by atoms with Gasteiger partial charge in [0.2, 0.25) is 0 Å². The Hall–Kier alpha value is -1.86. The molecule has 82 valence electrons. The number of benzene rings is 1. The zero-order valence-corrected chi connectivity index (χ0v) is 9.52. The van der Waals surface area contributed by atoms with Crippen molar-refractivity contribution < 1.29 is 5.11 Å². The van der Waals surface area contributed by atoms with Crippen molar-refractivity contribution in [2.45, 2.75) is 19.4 Å². The van der Waals surface area contributed by atoms with Crippen molar-refractivity contribution in [3.63, 3.8) is 0 Å². The Balaban J connectivity index is 2.75. The van der Waals surface area contributed by atoms with Gasteiger partial charge in [0.05, 0.1) is 22.7 Å². The smallest absolute Gasteiger partial charge is 0.141 e. The van der Waals surface area contributed by atoms with Crippen molar-refractivity contribution in [1.82, 2.24) is 9.55 Å². The fraction of sp³-hybridized carbons (Fsp3) is 0.333. The van der Waals surface area contributed by atoms with Gasteiger partial charge in [-0.1, -0.05) is 0 Å². The highest BCUT2D eigenvalue weighted by molar-refractivity contribution is 5.77. The molecule has 0 aliphatic rings. The Kier molecular flexibility index (Phi) is 2.21. The van der Waals surface area contributed by atoms with Crippen LogP contribution in [0.1, 0.15) is 25.2 Å². The highest BCUT2D eigenvalue weighted by Crippen LogP contribution is 2.23. The summed E-state index contributed by atoms with van der Waals surface area (Å²) in [7, 11) is 1.84. The number of imidazole rings is 1. The van der Waals surface area contributed by atoms with Crippen LogP contribution in [0.5, 0.6) is 0 Å². The molecule has 1 aromatic heterocycles. The molecule has 4 heteroatoms. The average molecular weight is 215 g/mol. The van der Waals surface area contributed by atoms with Crippen LogP contribution in [0, 0.1) is 11.3 Å². The van der Waals surface area contributed by atoms with Crippen LogP contribution in [0.25, 0.3) is 11.0 Å². The second-order valence-electron chi connectivity index (χ2n) is 4.37. The lowest BCUT2D eigenvalue weighted by Crippen LogP contribution is -2.20. The minimum atomic E-state index is -0.986. The number of aliphatic hydroxyl groups is 1. The number of nitriles is 1. The van der Waals surface area contributed by atoms with Crippen LogP contribution in [0.15, 0.2) is 18.2 Å². The van der Waals surface area contributed by atoms with Crippen LogP contribution in [0.2, 0.25) is 0 Å². The van der Waals surface area contributed by atoms with Crippen molar-refractivity contribution in [1.29, 1.82) is 5.26 Å². The van der Waals surface area contributed by atoms with Crippen molar-refractivity contribution in [3.8, 4) is 6.07 Å². The van der Waals surface area contributed by atoms with Crippen LogP contribution < -0.4 is 0 Å². The van der Waals surface area contributed by atoms with Gasteiger partial charge < -0.3 is 9.67 Å². The SMILES string of the molecule is Cn1c(C(C)(C)O)nc2ccc(C#N)cc21. The van der Waals surface area contributed by atoms with E-state index in [2.05, 4.69) is 11.1 Å². The first-order chi connectivity index (χ1) is 7.43. The molecule has 1 heterocycles. The molecule has 1 N–H and O–H groups in total. The second-order valence-corrected chi connectivity index (χ2v) is 4.37. The van der Waals surface area contributed by atoms with Crippen LogP contribution in [0.3, 0.4) is 0 Å². The summed E-state index contributed by atoms with van der Waals surface area (Å²) in [6.45, 7) is 3.39. The molecular weight excluding hydrogens is 202 g/mol. The molecule has 0 bridgehead atoms. The lowest BCUT2D eigenvalue weighted by Gasteiger charge is -2.16. The largest absolute Gasteiger partial charge is 0.383 e. The number of hydrogen-bond donors (Lipinski definition) is 1. The molecule has 0 fully saturated rings. The van der Waals surface area contributed by atoms with Crippen LogP contribution >= 0.6 is 0 Å². The fourth-order valence-electron chi connectivity index (χ4n) is 1.81. The highest BCUT2D eigenvalue weighted by Gasteiger charge is 2.23. The number of aromatic nitrogens is 2. The minimum Gasteiger partial charge on any atom is -0.383 e. The molecular formula is C12H13N3O. The molecule has 0 saturated carbocycles. The third-order valence-electron chi connectivity index (χ3n) is 2.56. The van der Waals surface area contributed by atoms with Gasteiger partial charge in [0.1, 0.15) is 11.4 Å². The lowest BCUT2D eigenvalue weighted by atomic mass is 10.1. The van der Waals surface area contributed by atoms with Crippen molar-refractivity contribution >= 4 is 11.0 Å². The average Bonchev–Trinajstić information content (AvgIpc) is 2.55. The third-order valence-corrected chi connectivity index (χ3v) is 2.56. The van der Waals surface area contributed by atoms with E-state index >= 15 is 0 Å². The Morgan fingerprint density at radius 2 is 2.12 bits per heavy atom. The molecule has 0 saturated heterocycles. The molecule has 2 aromatic rings. The maximum absolute atomic E-state index is 9.95. The molecule has 2 rings (SSSR count). The van der Waals surface area contributed by atoms with Crippen molar-refractivity contribution in [3.05, 3.63) is 29.6 Å². The molecule has 16 heavy (non-hydrogen) atoms. The first kappa shape index (κ1) is 10.7. The first-order valence-electron chi connectivity index (χ1n) is 5.03. The van der Waals surface area contributed by atoms with Gasteiger partial charge in [-0.2, -0.15) is 5.26 Å². The summed E-state index contributed by atoms with van der Waals surface area (Å²) >= 11 is 0. The number of rotatable bonds is 1. The van der Waals surface area contributed by atoms with Gasteiger partial charge in [0.25, 0.3) is 0 Å². The van der Waals surface area contributed by atoms with Gasteiger partial charge in [-0.25, -0.2) is 4.98 Å². The fourth-order valence-corrected chi connectivity index (χ4v) is 1.81. The summed E-state index contributed by atoms with van der Waals surface area (Å²) in [5, 5.41) is 18.8. The molecule has 0 radical (unpaired) electrons. The Morgan fingerprint density at radius 3 is 2.69 bits per heavy atom. The van der Waals surface area contributed by atoms with Crippen LogP contribution in [-0.4, -0.2) is 14.7 Å². The predicted molar refractivity (Wildman–Crippen MR) is 60.7 cm³/mol. The molecule has 1 aromatic carbocycles. The molecule has 0 aliphatic heterocycles.